The highest BCUT2D eigenvalue weighted by molar-refractivity contribution is 5.81. The Labute approximate surface area is 125 Å². The van der Waals surface area contributed by atoms with E-state index in [4.69, 9.17) is 9.84 Å². The maximum absolute atomic E-state index is 12.1. The molecule has 0 aromatic heterocycles. The van der Waals surface area contributed by atoms with Crippen molar-refractivity contribution in [3.05, 3.63) is 35.4 Å². The molecule has 4 heteroatoms. The molecule has 2 rings (SSSR count). The van der Waals surface area contributed by atoms with Gasteiger partial charge in [0.2, 0.25) is 5.91 Å². The fourth-order valence-corrected chi connectivity index (χ4v) is 2.33. The van der Waals surface area contributed by atoms with Crippen molar-refractivity contribution >= 4 is 5.91 Å². The van der Waals surface area contributed by atoms with E-state index in [1.165, 1.54) is 0 Å². The third-order valence-electron chi connectivity index (χ3n) is 3.55. The van der Waals surface area contributed by atoms with Crippen LogP contribution in [0.2, 0.25) is 0 Å². The first-order valence-corrected chi connectivity index (χ1v) is 7.32. The number of amides is 1. The molecule has 1 aromatic rings. The number of hydrogen-bond donors (Lipinski definition) is 2. The first-order valence-electron chi connectivity index (χ1n) is 7.32. The highest BCUT2D eigenvalue weighted by atomic mass is 16.5. The zero-order chi connectivity index (χ0) is 15.1. The van der Waals surface area contributed by atoms with Crippen LogP contribution in [0.3, 0.4) is 0 Å². The zero-order valence-electron chi connectivity index (χ0n) is 12.3. The van der Waals surface area contributed by atoms with Crippen LogP contribution >= 0.6 is 0 Å². The Bertz CT molecular complexity index is 521. The molecular formula is C17H21NO3. The SMILES string of the molecule is CC(NC(=O)C1CCCCO1)c1ccc(C#CCO)cc1. The Morgan fingerprint density at radius 1 is 1.43 bits per heavy atom. The number of nitrogens with one attached hydrogen (secondary N) is 1. The Hall–Kier alpha value is -1.83. The normalized spacial score (nSPS) is 19.2. The molecule has 21 heavy (non-hydrogen) atoms. The molecule has 1 aromatic carbocycles. The van der Waals surface area contributed by atoms with Gasteiger partial charge in [-0.1, -0.05) is 24.0 Å². The van der Waals surface area contributed by atoms with Gasteiger partial charge in [0.1, 0.15) is 12.7 Å². The minimum Gasteiger partial charge on any atom is -0.384 e. The van der Waals surface area contributed by atoms with Crippen LogP contribution < -0.4 is 5.32 Å². The maximum Gasteiger partial charge on any atom is 0.249 e. The van der Waals surface area contributed by atoms with Gasteiger partial charge in [0, 0.05) is 12.2 Å². The van der Waals surface area contributed by atoms with E-state index in [2.05, 4.69) is 17.2 Å². The molecular weight excluding hydrogens is 266 g/mol. The number of carbonyl (C=O) groups is 1. The minimum atomic E-state index is -0.309. The Morgan fingerprint density at radius 3 is 2.81 bits per heavy atom. The molecule has 1 heterocycles. The van der Waals surface area contributed by atoms with Gasteiger partial charge in [-0.2, -0.15) is 0 Å². The van der Waals surface area contributed by atoms with Crippen LogP contribution in [-0.4, -0.2) is 30.3 Å². The third-order valence-corrected chi connectivity index (χ3v) is 3.55. The monoisotopic (exact) mass is 287 g/mol. The number of carbonyl (C=O) groups excluding carboxylic acids is 1. The van der Waals surface area contributed by atoms with E-state index in [1.54, 1.807) is 0 Å². The molecule has 112 valence electrons. The molecule has 1 aliphatic heterocycles. The van der Waals surface area contributed by atoms with Gasteiger partial charge in [0.25, 0.3) is 0 Å². The summed E-state index contributed by atoms with van der Waals surface area (Å²) in [6.45, 7) is 2.48. The van der Waals surface area contributed by atoms with Gasteiger partial charge in [-0.05, 0) is 43.9 Å². The number of aliphatic hydroxyl groups excluding tert-OH is 1. The zero-order valence-corrected chi connectivity index (χ0v) is 12.3. The lowest BCUT2D eigenvalue weighted by molar-refractivity contribution is -0.136. The Morgan fingerprint density at radius 2 is 2.19 bits per heavy atom. The smallest absolute Gasteiger partial charge is 0.249 e. The van der Waals surface area contributed by atoms with Crippen LogP contribution in [0.25, 0.3) is 0 Å². The Kier molecular flexibility index (Phi) is 5.79. The molecule has 1 amide bonds. The summed E-state index contributed by atoms with van der Waals surface area (Å²) in [5.74, 6) is 5.42. The quantitative estimate of drug-likeness (QED) is 0.833. The van der Waals surface area contributed by atoms with Gasteiger partial charge in [-0.3, -0.25) is 4.79 Å². The second-order valence-corrected chi connectivity index (χ2v) is 5.17. The van der Waals surface area contributed by atoms with E-state index in [9.17, 15) is 4.79 Å². The predicted molar refractivity (Wildman–Crippen MR) is 80.6 cm³/mol. The van der Waals surface area contributed by atoms with E-state index in [0.29, 0.717) is 6.61 Å². The lowest BCUT2D eigenvalue weighted by Gasteiger charge is -2.24. The summed E-state index contributed by atoms with van der Waals surface area (Å²) in [7, 11) is 0. The standard InChI is InChI=1S/C17H21NO3/c1-13(18-17(20)16-6-2-3-12-21-16)15-9-7-14(8-10-15)5-4-11-19/h7-10,13,16,19H,2-3,6,11-12H2,1H3,(H,18,20). The van der Waals surface area contributed by atoms with Crippen LogP contribution in [0.1, 0.15) is 43.4 Å². The lowest BCUT2D eigenvalue weighted by atomic mass is 10.0. The van der Waals surface area contributed by atoms with E-state index < -0.39 is 0 Å². The van der Waals surface area contributed by atoms with Crippen LogP contribution in [-0.2, 0) is 9.53 Å². The molecule has 4 nitrogen and oxygen atoms in total. The third kappa shape index (κ3) is 4.59. The Balaban J connectivity index is 1.93. The first-order chi connectivity index (χ1) is 10.2. The molecule has 2 atom stereocenters. The van der Waals surface area contributed by atoms with Crippen LogP contribution in [0, 0.1) is 11.8 Å². The van der Waals surface area contributed by atoms with Gasteiger partial charge in [0.05, 0.1) is 6.04 Å². The van der Waals surface area contributed by atoms with Crippen LogP contribution in [0.5, 0.6) is 0 Å². The number of benzene rings is 1. The number of ether oxygens (including phenoxy) is 1. The summed E-state index contributed by atoms with van der Waals surface area (Å²) in [5.41, 5.74) is 1.87. The molecule has 1 aliphatic rings. The minimum absolute atomic E-state index is 0.0358. The van der Waals surface area contributed by atoms with Crippen molar-refractivity contribution < 1.29 is 14.6 Å². The van der Waals surface area contributed by atoms with Crippen molar-refractivity contribution in [1.29, 1.82) is 0 Å². The summed E-state index contributed by atoms with van der Waals surface area (Å²) in [6.07, 6.45) is 2.57. The average molecular weight is 287 g/mol. The molecule has 0 aliphatic carbocycles. The average Bonchev–Trinajstić information content (AvgIpc) is 2.54. The van der Waals surface area contributed by atoms with E-state index >= 15 is 0 Å². The molecule has 1 fully saturated rings. The topological polar surface area (TPSA) is 58.6 Å². The van der Waals surface area contributed by atoms with E-state index in [-0.39, 0.29) is 24.7 Å². The number of hydrogen-bond acceptors (Lipinski definition) is 3. The van der Waals surface area contributed by atoms with Gasteiger partial charge >= 0.3 is 0 Å². The molecule has 0 bridgehead atoms. The van der Waals surface area contributed by atoms with Crippen molar-refractivity contribution in [2.24, 2.45) is 0 Å². The molecule has 2 N–H and O–H groups in total. The van der Waals surface area contributed by atoms with Crippen molar-refractivity contribution in [3.8, 4) is 11.8 Å². The van der Waals surface area contributed by atoms with Gasteiger partial charge in [-0.25, -0.2) is 0 Å². The molecule has 2 unspecified atom stereocenters. The summed E-state index contributed by atoms with van der Waals surface area (Å²) in [4.78, 5) is 12.1. The van der Waals surface area contributed by atoms with Crippen molar-refractivity contribution in [2.75, 3.05) is 13.2 Å². The van der Waals surface area contributed by atoms with Gasteiger partial charge in [0.15, 0.2) is 0 Å². The summed E-state index contributed by atoms with van der Waals surface area (Å²) in [5, 5.41) is 11.6. The number of aliphatic hydroxyl groups is 1. The summed E-state index contributed by atoms with van der Waals surface area (Å²) < 4.78 is 5.49. The molecule has 0 spiro atoms. The second-order valence-electron chi connectivity index (χ2n) is 5.17. The summed E-state index contributed by atoms with van der Waals surface area (Å²) in [6, 6.07) is 7.58. The largest absolute Gasteiger partial charge is 0.384 e. The van der Waals surface area contributed by atoms with Gasteiger partial charge < -0.3 is 15.2 Å². The van der Waals surface area contributed by atoms with Crippen molar-refractivity contribution in [1.82, 2.24) is 5.32 Å². The molecule has 0 radical (unpaired) electrons. The van der Waals surface area contributed by atoms with Gasteiger partial charge in [-0.15, -0.1) is 0 Å². The summed E-state index contributed by atoms with van der Waals surface area (Å²) >= 11 is 0. The molecule has 0 saturated carbocycles. The first kappa shape index (κ1) is 15.6. The highest BCUT2D eigenvalue weighted by Crippen LogP contribution is 2.16. The number of rotatable bonds is 3. The highest BCUT2D eigenvalue weighted by Gasteiger charge is 2.23. The second kappa shape index (κ2) is 7.82. The van der Waals surface area contributed by atoms with Crippen molar-refractivity contribution in [3.63, 3.8) is 0 Å². The van der Waals surface area contributed by atoms with Crippen molar-refractivity contribution in [2.45, 2.75) is 38.3 Å². The van der Waals surface area contributed by atoms with E-state index in [0.717, 1.165) is 30.4 Å². The molecule has 1 saturated heterocycles. The maximum atomic E-state index is 12.1. The van der Waals surface area contributed by atoms with Crippen LogP contribution in [0.4, 0.5) is 0 Å². The lowest BCUT2D eigenvalue weighted by Crippen LogP contribution is -2.39. The fourth-order valence-electron chi connectivity index (χ4n) is 2.33. The van der Waals surface area contributed by atoms with Crippen LogP contribution in [0.15, 0.2) is 24.3 Å². The van der Waals surface area contributed by atoms with E-state index in [1.807, 2.05) is 31.2 Å². The predicted octanol–water partition coefficient (Wildman–Crippen LogP) is 1.78. The fraction of sp³-hybridized carbons (Fsp3) is 0.471.